The summed E-state index contributed by atoms with van der Waals surface area (Å²) >= 11 is 7.37. The zero-order chi connectivity index (χ0) is 23.4. The number of aromatic amines is 1. The number of aliphatic carboxylic acids is 1. The van der Waals surface area contributed by atoms with Gasteiger partial charge in [0.15, 0.2) is 17.3 Å². The number of carboxylic acid groups (broad SMARTS) is 1. The van der Waals surface area contributed by atoms with E-state index in [1.807, 2.05) is 17.5 Å². The van der Waals surface area contributed by atoms with Gasteiger partial charge in [-0.1, -0.05) is 17.7 Å². The van der Waals surface area contributed by atoms with Crippen LogP contribution in [0.25, 0.3) is 33.1 Å². The minimum Gasteiger partial charge on any atom is -0.481 e. The van der Waals surface area contributed by atoms with Gasteiger partial charge in [0.1, 0.15) is 16.4 Å². The second-order valence-electron chi connectivity index (χ2n) is 9.13. The maximum absolute atomic E-state index is 15.8. The Morgan fingerprint density at radius 2 is 2.00 bits per heavy atom. The van der Waals surface area contributed by atoms with Gasteiger partial charge in [0, 0.05) is 6.20 Å². The maximum Gasteiger partial charge on any atom is 0.307 e. The lowest BCUT2D eigenvalue weighted by atomic mass is 9.57. The smallest absolute Gasteiger partial charge is 0.307 e. The van der Waals surface area contributed by atoms with Gasteiger partial charge in [-0.25, -0.2) is 24.3 Å². The van der Waals surface area contributed by atoms with Gasteiger partial charge in [-0.2, -0.15) is 0 Å². The number of carboxylic acids is 1. The summed E-state index contributed by atoms with van der Waals surface area (Å²) in [5.41, 5.74) is 2.11. The van der Waals surface area contributed by atoms with Crippen LogP contribution in [0, 0.1) is 29.5 Å². The van der Waals surface area contributed by atoms with E-state index in [4.69, 9.17) is 11.6 Å². The molecule has 7 rings (SSSR count). The fourth-order valence-electron chi connectivity index (χ4n) is 5.85. The van der Waals surface area contributed by atoms with Gasteiger partial charge in [-0.05, 0) is 61.3 Å². The van der Waals surface area contributed by atoms with E-state index >= 15 is 4.39 Å². The summed E-state index contributed by atoms with van der Waals surface area (Å²) in [6.45, 7) is 0. The molecule has 2 bridgehead atoms. The molecule has 4 aromatic heterocycles. The Morgan fingerprint density at radius 1 is 1.21 bits per heavy atom. The minimum atomic E-state index is -0.781. The molecule has 0 radical (unpaired) electrons. The highest BCUT2D eigenvalue weighted by atomic mass is 35.5. The zero-order valence-electron chi connectivity index (χ0n) is 18.0. The van der Waals surface area contributed by atoms with Crippen LogP contribution < -0.4 is 0 Å². The van der Waals surface area contributed by atoms with E-state index in [0.717, 1.165) is 25.7 Å². The molecule has 34 heavy (non-hydrogen) atoms. The number of nitrogens with one attached hydrogen (secondary N) is 1. The van der Waals surface area contributed by atoms with E-state index in [2.05, 4.69) is 24.9 Å². The van der Waals surface area contributed by atoms with Crippen molar-refractivity contribution in [1.29, 1.82) is 0 Å². The molecule has 4 aromatic rings. The molecule has 10 heteroatoms. The fraction of sp³-hybridized carbons (Fsp3) is 0.375. The molecule has 0 aliphatic heterocycles. The van der Waals surface area contributed by atoms with E-state index in [-0.39, 0.29) is 40.7 Å². The van der Waals surface area contributed by atoms with Crippen molar-refractivity contribution in [2.45, 2.75) is 32.1 Å². The number of fused-ring (bicyclic) bond motifs is 4. The molecule has 0 aromatic carbocycles. The zero-order valence-corrected chi connectivity index (χ0v) is 19.6. The fourth-order valence-corrected chi connectivity index (χ4v) is 6.69. The van der Waals surface area contributed by atoms with Crippen molar-refractivity contribution in [3.8, 4) is 22.0 Å². The SMILES string of the molecule is O=C(O)[C@H]1C2CCC(CC2)[C@@H]1Cc1nc(-c2c[nH]c3nc(Cl)cnc23)nc(-c2cccs2)c1F. The summed E-state index contributed by atoms with van der Waals surface area (Å²) in [6.07, 6.45) is 7.28. The van der Waals surface area contributed by atoms with Crippen molar-refractivity contribution >= 4 is 40.1 Å². The topological polar surface area (TPSA) is 105 Å². The molecule has 2 atom stereocenters. The lowest BCUT2D eigenvalue weighted by molar-refractivity contribution is -0.152. The summed E-state index contributed by atoms with van der Waals surface area (Å²) in [7, 11) is 0. The van der Waals surface area contributed by atoms with Crippen LogP contribution in [0.15, 0.2) is 29.9 Å². The Labute approximate surface area is 203 Å². The average Bonchev–Trinajstić information content (AvgIpc) is 3.51. The summed E-state index contributed by atoms with van der Waals surface area (Å²) in [4.78, 5) is 33.7. The standard InChI is InChI=1S/C24H21ClFN5O2S/c25-17-10-27-20-14(9-28-23(20)30-17)22-29-15(19(26)21(31-22)16-2-1-7-34-16)8-13-11-3-5-12(6-4-11)18(13)24(32)33/h1-2,7,9-13,18H,3-6,8H2,(H,28,30)(H,32,33)/t11?,12?,13-,18-/m0/s1. The molecule has 0 amide bonds. The molecule has 4 heterocycles. The quantitative estimate of drug-likeness (QED) is 0.371. The highest BCUT2D eigenvalue weighted by Gasteiger charge is 2.47. The first-order valence-electron chi connectivity index (χ1n) is 11.3. The third kappa shape index (κ3) is 3.58. The Balaban J connectivity index is 1.48. The normalized spacial score (nSPS) is 24.1. The predicted molar refractivity (Wildman–Crippen MR) is 127 cm³/mol. The molecule has 3 fully saturated rings. The van der Waals surface area contributed by atoms with E-state index < -0.39 is 17.7 Å². The number of halogens is 2. The van der Waals surface area contributed by atoms with Gasteiger partial charge in [0.05, 0.1) is 28.2 Å². The Hall–Kier alpha value is -2.91. The Bertz CT molecular complexity index is 1380. The minimum absolute atomic E-state index is 0.139. The van der Waals surface area contributed by atoms with Crippen molar-refractivity contribution in [3.05, 3.63) is 46.6 Å². The van der Waals surface area contributed by atoms with Crippen molar-refractivity contribution in [2.24, 2.45) is 23.7 Å². The molecule has 2 N–H and O–H groups in total. The number of hydrogen-bond donors (Lipinski definition) is 2. The predicted octanol–water partition coefficient (Wildman–Crippen LogP) is 5.62. The molecular weight excluding hydrogens is 477 g/mol. The van der Waals surface area contributed by atoms with Crippen molar-refractivity contribution in [2.75, 3.05) is 0 Å². The number of rotatable bonds is 5. The number of hydrogen-bond acceptors (Lipinski definition) is 6. The lowest BCUT2D eigenvalue weighted by Gasteiger charge is -2.46. The number of H-pyrrole nitrogens is 1. The maximum atomic E-state index is 15.8. The van der Waals surface area contributed by atoms with Crippen LogP contribution in [0.2, 0.25) is 5.15 Å². The van der Waals surface area contributed by atoms with Crippen molar-refractivity contribution in [1.82, 2.24) is 24.9 Å². The molecular formula is C24H21ClFN5O2S. The van der Waals surface area contributed by atoms with E-state index in [1.165, 1.54) is 17.5 Å². The van der Waals surface area contributed by atoms with Crippen LogP contribution in [0.5, 0.6) is 0 Å². The van der Waals surface area contributed by atoms with Crippen LogP contribution in [-0.2, 0) is 11.2 Å². The van der Waals surface area contributed by atoms with Crippen LogP contribution >= 0.6 is 22.9 Å². The molecule has 3 aliphatic carbocycles. The van der Waals surface area contributed by atoms with Gasteiger partial charge in [-0.15, -0.1) is 11.3 Å². The highest BCUT2D eigenvalue weighted by molar-refractivity contribution is 7.13. The van der Waals surface area contributed by atoms with Gasteiger partial charge in [0.25, 0.3) is 0 Å². The molecule has 7 nitrogen and oxygen atoms in total. The lowest BCUT2D eigenvalue weighted by Crippen LogP contribution is -2.45. The summed E-state index contributed by atoms with van der Waals surface area (Å²) in [5.74, 6) is -1.10. The van der Waals surface area contributed by atoms with Crippen LogP contribution in [0.3, 0.4) is 0 Å². The molecule has 3 aliphatic rings. The van der Waals surface area contributed by atoms with Crippen molar-refractivity contribution in [3.63, 3.8) is 0 Å². The van der Waals surface area contributed by atoms with Gasteiger partial charge >= 0.3 is 5.97 Å². The number of thiophene rings is 1. The van der Waals surface area contributed by atoms with Gasteiger partial charge < -0.3 is 10.1 Å². The Morgan fingerprint density at radius 3 is 2.74 bits per heavy atom. The van der Waals surface area contributed by atoms with Crippen LogP contribution in [-0.4, -0.2) is 36.0 Å². The second kappa shape index (κ2) is 8.39. The number of nitrogens with zero attached hydrogens (tertiary/aromatic N) is 4. The van der Waals surface area contributed by atoms with Gasteiger partial charge in [0.2, 0.25) is 0 Å². The van der Waals surface area contributed by atoms with Crippen LogP contribution in [0.4, 0.5) is 4.39 Å². The largest absolute Gasteiger partial charge is 0.481 e. The van der Waals surface area contributed by atoms with Crippen LogP contribution in [0.1, 0.15) is 31.4 Å². The van der Waals surface area contributed by atoms with E-state index in [1.54, 1.807) is 6.20 Å². The average molecular weight is 498 g/mol. The first-order valence-corrected chi connectivity index (χ1v) is 12.6. The number of aromatic nitrogens is 5. The van der Waals surface area contributed by atoms with E-state index in [9.17, 15) is 9.90 Å². The summed E-state index contributed by atoms with van der Waals surface area (Å²) in [5, 5.41) is 12.1. The monoisotopic (exact) mass is 497 g/mol. The first-order chi connectivity index (χ1) is 16.5. The number of carbonyl (C=O) groups is 1. The molecule has 0 unspecified atom stereocenters. The molecule has 3 saturated carbocycles. The highest BCUT2D eigenvalue weighted by Crippen LogP contribution is 2.50. The Kier molecular flexibility index (Phi) is 5.33. The third-order valence-corrected chi connectivity index (χ3v) is 8.43. The van der Waals surface area contributed by atoms with Gasteiger partial charge in [-0.3, -0.25) is 4.79 Å². The third-order valence-electron chi connectivity index (χ3n) is 7.37. The van der Waals surface area contributed by atoms with Crippen molar-refractivity contribution < 1.29 is 14.3 Å². The first kappa shape index (κ1) is 21.6. The molecule has 174 valence electrons. The van der Waals surface area contributed by atoms with E-state index in [0.29, 0.717) is 27.4 Å². The molecule has 0 saturated heterocycles. The second-order valence-corrected chi connectivity index (χ2v) is 10.5. The molecule has 0 spiro atoms. The summed E-state index contributed by atoms with van der Waals surface area (Å²) in [6, 6.07) is 3.67. The summed E-state index contributed by atoms with van der Waals surface area (Å²) < 4.78 is 15.8.